The standard InChI is InChI=1S/C11H9N3O4/c1-8(15)18-11-6-13(7-12-11)9-3-2-4-10(5-9)14(16)17/h2-7H,1H3. The fourth-order valence-corrected chi connectivity index (χ4v) is 1.41. The van der Waals surface area contributed by atoms with Crippen LogP contribution in [-0.2, 0) is 4.79 Å². The summed E-state index contributed by atoms with van der Waals surface area (Å²) in [6.45, 7) is 1.27. The van der Waals surface area contributed by atoms with Crippen molar-refractivity contribution in [3.8, 4) is 11.6 Å². The van der Waals surface area contributed by atoms with Crippen molar-refractivity contribution in [2.45, 2.75) is 6.92 Å². The molecule has 7 heteroatoms. The largest absolute Gasteiger partial charge is 0.406 e. The van der Waals surface area contributed by atoms with Crippen molar-refractivity contribution in [3.63, 3.8) is 0 Å². The minimum atomic E-state index is -0.479. The Morgan fingerprint density at radius 1 is 1.50 bits per heavy atom. The highest BCUT2D eigenvalue weighted by molar-refractivity contribution is 5.68. The highest BCUT2D eigenvalue weighted by Gasteiger charge is 2.08. The smallest absolute Gasteiger partial charge is 0.309 e. The van der Waals surface area contributed by atoms with Crippen LogP contribution in [0.25, 0.3) is 5.69 Å². The summed E-state index contributed by atoms with van der Waals surface area (Å²) in [5.74, 6) is -0.326. The van der Waals surface area contributed by atoms with Crippen molar-refractivity contribution in [2.24, 2.45) is 0 Å². The van der Waals surface area contributed by atoms with E-state index in [-0.39, 0.29) is 11.6 Å². The number of imidazole rings is 1. The van der Waals surface area contributed by atoms with E-state index < -0.39 is 10.9 Å². The number of hydrogen-bond donors (Lipinski definition) is 0. The molecule has 0 aliphatic carbocycles. The maximum atomic E-state index is 10.7. The van der Waals surface area contributed by atoms with Crippen LogP contribution in [0.15, 0.2) is 36.8 Å². The van der Waals surface area contributed by atoms with Crippen LogP contribution in [0, 0.1) is 10.1 Å². The van der Waals surface area contributed by atoms with E-state index in [1.165, 1.54) is 36.1 Å². The van der Waals surface area contributed by atoms with Crippen LogP contribution in [0.1, 0.15) is 6.92 Å². The summed E-state index contributed by atoms with van der Waals surface area (Å²) < 4.78 is 6.32. The molecule has 2 rings (SSSR count). The van der Waals surface area contributed by atoms with Gasteiger partial charge in [-0.1, -0.05) is 6.07 Å². The zero-order valence-electron chi connectivity index (χ0n) is 9.44. The first-order valence-corrected chi connectivity index (χ1v) is 5.03. The fraction of sp³-hybridized carbons (Fsp3) is 0.0909. The number of rotatable bonds is 3. The lowest BCUT2D eigenvalue weighted by Gasteiger charge is -2.00. The first-order chi connectivity index (χ1) is 8.56. The van der Waals surface area contributed by atoms with E-state index in [9.17, 15) is 14.9 Å². The van der Waals surface area contributed by atoms with Crippen molar-refractivity contribution in [1.29, 1.82) is 0 Å². The van der Waals surface area contributed by atoms with E-state index in [4.69, 9.17) is 4.74 Å². The van der Waals surface area contributed by atoms with Gasteiger partial charge in [0.2, 0.25) is 5.88 Å². The molecule has 1 aromatic heterocycles. The second-order valence-electron chi connectivity index (χ2n) is 3.49. The van der Waals surface area contributed by atoms with Crippen LogP contribution in [0.5, 0.6) is 5.88 Å². The number of carbonyl (C=O) groups is 1. The quantitative estimate of drug-likeness (QED) is 0.468. The zero-order chi connectivity index (χ0) is 13.1. The molecule has 18 heavy (non-hydrogen) atoms. The van der Waals surface area contributed by atoms with Gasteiger partial charge in [0.15, 0.2) is 0 Å². The summed E-state index contributed by atoms with van der Waals surface area (Å²) in [6, 6.07) is 6.05. The fourth-order valence-electron chi connectivity index (χ4n) is 1.41. The number of esters is 1. The van der Waals surface area contributed by atoms with E-state index in [1.807, 2.05) is 0 Å². The van der Waals surface area contributed by atoms with Crippen LogP contribution < -0.4 is 4.74 Å². The Hall–Kier alpha value is -2.70. The molecule has 2 aromatic rings. The van der Waals surface area contributed by atoms with E-state index in [2.05, 4.69) is 4.98 Å². The first-order valence-electron chi connectivity index (χ1n) is 5.03. The number of nitro groups is 1. The van der Waals surface area contributed by atoms with Crippen LogP contribution in [-0.4, -0.2) is 20.4 Å². The summed E-state index contributed by atoms with van der Waals surface area (Å²) in [7, 11) is 0. The molecule has 0 N–H and O–H groups in total. The maximum Gasteiger partial charge on any atom is 0.309 e. The third kappa shape index (κ3) is 2.51. The van der Waals surface area contributed by atoms with E-state index in [0.717, 1.165) is 0 Å². The second kappa shape index (κ2) is 4.66. The van der Waals surface area contributed by atoms with Crippen LogP contribution in [0.3, 0.4) is 0 Å². The predicted octanol–water partition coefficient (Wildman–Crippen LogP) is 1.71. The van der Waals surface area contributed by atoms with E-state index in [0.29, 0.717) is 5.69 Å². The molecule has 7 nitrogen and oxygen atoms in total. The number of aromatic nitrogens is 2. The molecule has 1 aromatic carbocycles. The molecule has 0 unspecified atom stereocenters. The second-order valence-corrected chi connectivity index (χ2v) is 3.49. The summed E-state index contributed by atoms with van der Waals surface area (Å²) in [6.07, 6.45) is 2.89. The SMILES string of the molecule is CC(=O)Oc1cn(-c2cccc([N+](=O)[O-])c2)cn1. The number of ether oxygens (including phenoxy) is 1. The van der Waals surface area contributed by atoms with Gasteiger partial charge >= 0.3 is 5.97 Å². The first kappa shape index (κ1) is 11.8. The number of non-ortho nitro benzene ring substituents is 1. The van der Waals surface area contributed by atoms with Crippen molar-refractivity contribution in [2.75, 3.05) is 0 Å². The number of nitro benzene ring substituents is 1. The molecule has 0 saturated carbocycles. The molecule has 0 radical (unpaired) electrons. The minimum absolute atomic E-state index is 0.0183. The molecule has 0 aliphatic rings. The minimum Gasteiger partial charge on any atom is -0.406 e. The van der Waals surface area contributed by atoms with Gasteiger partial charge in [-0.2, -0.15) is 0 Å². The topological polar surface area (TPSA) is 87.3 Å². The highest BCUT2D eigenvalue weighted by atomic mass is 16.6. The molecular formula is C11H9N3O4. The van der Waals surface area contributed by atoms with E-state index in [1.54, 1.807) is 12.1 Å². The molecule has 0 bridgehead atoms. The molecule has 0 atom stereocenters. The van der Waals surface area contributed by atoms with Gasteiger partial charge in [-0.05, 0) is 6.07 Å². The van der Waals surface area contributed by atoms with Gasteiger partial charge in [-0.3, -0.25) is 14.9 Å². The van der Waals surface area contributed by atoms with Gasteiger partial charge in [-0.15, -0.1) is 0 Å². The van der Waals surface area contributed by atoms with Crippen molar-refractivity contribution in [1.82, 2.24) is 9.55 Å². The van der Waals surface area contributed by atoms with Crippen molar-refractivity contribution in [3.05, 3.63) is 46.9 Å². The van der Waals surface area contributed by atoms with Gasteiger partial charge < -0.3 is 9.30 Å². The van der Waals surface area contributed by atoms with Gasteiger partial charge in [-0.25, -0.2) is 4.98 Å². The monoisotopic (exact) mass is 247 g/mol. The third-order valence-corrected chi connectivity index (χ3v) is 2.15. The summed E-state index contributed by atoms with van der Waals surface area (Å²) in [5.41, 5.74) is 0.547. The molecule has 1 heterocycles. The Labute approximate surface area is 102 Å². The molecule has 0 saturated heterocycles. The molecule has 92 valence electrons. The third-order valence-electron chi connectivity index (χ3n) is 2.15. The summed E-state index contributed by atoms with van der Waals surface area (Å²) >= 11 is 0. The maximum absolute atomic E-state index is 10.7. The van der Waals surface area contributed by atoms with Gasteiger partial charge in [0, 0.05) is 19.1 Å². The van der Waals surface area contributed by atoms with Gasteiger partial charge in [0.1, 0.15) is 6.33 Å². The summed E-state index contributed by atoms with van der Waals surface area (Å²) in [4.78, 5) is 24.8. The molecule has 0 amide bonds. The zero-order valence-corrected chi connectivity index (χ0v) is 9.44. The van der Waals surface area contributed by atoms with Crippen molar-refractivity contribution < 1.29 is 14.5 Å². The van der Waals surface area contributed by atoms with Gasteiger partial charge in [0.25, 0.3) is 5.69 Å². The van der Waals surface area contributed by atoms with E-state index >= 15 is 0 Å². The lowest BCUT2D eigenvalue weighted by molar-refractivity contribution is -0.384. The average Bonchev–Trinajstić information content (AvgIpc) is 2.77. The molecule has 0 spiro atoms. The van der Waals surface area contributed by atoms with Crippen LogP contribution in [0.2, 0.25) is 0 Å². The Balaban J connectivity index is 2.31. The normalized spacial score (nSPS) is 10.1. The van der Waals surface area contributed by atoms with Crippen LogP contribution in [0.4, 0.5) is 5.69 Å². The lowest BCUT2D eigenvalue weighted by atomic mass is 10.3. The van der Waals surface area contributed by atoms with Crippen LogP contribution >= 0.6 is 0 Å². The Morgan fingerprint density at radius 2 is 2.28 bits per heavy atom. The lowest BCUT2D eigenvalue weighted by Crippen LogP contribution is -2.01. The highest BCUT2D eigenvalue weighted by Crippen LogP contribution is 2.18. The Morgan fingerprint density at radius 3 is 2.94 bits per heavy atom. The Kier molecular flexibility index (Phi) is 3.05. The molecule has 0 fully saturated rings. The number of carbonyl (C=O) groups excluding carboxylic acids is 1. The number of benzene rings is 1. The van der Waals surface area contributed by atoms with Gasteiger partial charge in [0.05, 0.1) is 16.8 Å². The Bertz CT molecular complexity index is 606. The molecular weight excluding hydrogens is 238 g/mol. The molecule has 0 aliphatic heterocycles. The van der Waals surface area contributed by atoms with Crippen molar-refractivity contribution >= 4 is 11.7 Å². The number of hydrogen-bond acceptors (Lipinski definition) is 5. The average molecular weight is 247 g/mol. The predicted molar refractivity (Wildman–Crippen MR) is 61.5 cm³/mol. The summed E-state index contributed by atoms with van der Waals surface area (Å²) in [5, 5.41) is 10.6. The number of nitrogens with zero attached hydrogens (tertiary/aromatic N) is 3.